The summed E-state index contributed by atoms with van der Waals surface area (Å²) in [4.78, 5) is 14.5. The minimum absolute atomic E-state index is 0.301. The molecule has 1 N–H and O–H groups in total. The van der Waals surface area contributed by atoms with Crippen LogP contribution in [0.25, 0.3) is 0 Å². The number of hydrogen-bond donors (Lipinski definition) is 1. The van der Waals surface area contributed by atoms with E-state index >= 15 is 0 Å². The largest absolute Gasteiger partial charge is 0.493 e. The van der Waals surface area contributed by atoms with Crippen molar-refractivity contribution < 1.29 is 19.0 Å². The van der Waals surface area contributed by atoms with Crippen LogP contribution in [0.5, 0.6) is 17.2 Å². The Morgan fingerprint density at radius 3 is 2.20 bits per heavy atom. The Hall–Kier alpha value is -2.60. The van der Waals surface area contributed by atoms with E-state index in [1.807, 2.05) is 25.1 Å². The van der Waals surface area contributed by atoms with Crippen LogP contribution in [0.15, 0.2) is 30.3 Å². The molecule has 0 heterocycles. The number of halogens is 1. The molecule has 6 nitrogen and oxygen atoms in total. The molecule has 2 aromatic rings. The molecule has 7 heteroatoms. The minimum Gasteiger partial charge on any atom is -0.493 e. The molecule has 0 spiro atoms. The monoisotopic (exact) mass is 364 g/mol. The van der Waals surface area contributed by atoms with E-state index in [2.05, 4.69) is 5.32 Å². The second-order valence-corrected chi connectivity index (χ2v) is 5.80. The van der Waals surface area contributed by atoms with Gasteiger partial charge in [0.05, 0.1) is 37.6 Å². The average Bonchev–Trinajstić information content (AvgIpc) is 2.59. The summed E-state index contributed by atoms with van der Waals surface area (Å²) in [5.74, 6) is 0.801. The molecular weight excluding hydrogens is 344 g/mol. The Labute approximate surface area is 152 Å². The van der Waals surface area contributed by atoms with Crippen molar-refractivity contribution >= 4 is 28.9 Å². The van der Waals surface area contributed by atoms with Crippen molar-refractivity contribution in [3.63, 3.8) is 0 Å². The summed E-state index contributed by atoms with van der Waals surface area (Å²) < 4.78 is 15.9. The zero-order chi connectivity index (χ0) is 18.6. The number of nitrogens with zero attached hydrogens (tertiary/aromatic N) is 1. The summed E-state index contributed by atoms with van der Waals surface area (Å²) in [5.41, 5.74) is 1.77. The molecule has 0 aliphatic rings. The summed E-state index contributed by atoms with van der Waals surface area (Å²) in [7, 11) is 8.27. The molecular formula is C18H21ClN2O4. The lowest BCUT2D eigenvalue weighted by molar-refractivity contribution is 0.102. The van der Waals surface area contributed by atoms with E-state index in [9.17, 15) is 4.79 Å². The lowest BCUT2D eigenvalue weighted by Crippen LogP contribution is -2.14. The van der Waals surface area contributed by atoms with Crippen molar-refractivity contribution in [1.29, 1.82) is 0 Å². The van der Waals surface area contributed by atoms with Gasteiger partial charge in [-0.05, 0) is 30.3 Å². The predicted molar refractivity (Wildman–Crippen MR) is 99.8 cm³/mol. The Morgan fingerprint density at radius 2 is 1.68 bits per heavy atom. The average molecular weight is 365 g/mol. The Kier molecular flexibility index (Phi) is 5.98. The van der Waals surface area contributed by atoms with E-state index in [1.54, 1.807) is 24.3 Å². The van der Waals surface area contributed by atoms with Gasteiger partial charge in [-0.3, -0.25) is 4.79 Å². The molecule has 0 saturated heterocycles. The Bertz CT molecular complexity index is 778. The van der Waals surface area contributed by atoms with E-state index in [0.717, 1.165) is 5.69 Å². The number of rotatable bonds is 6. The van der Waals surface area contributed by atoms with Crippen molar-refractivity contribution in [3.05, 3.63) is 40.9 Å². The van der Waals surface area contributed by atoms with Gasteiger partial charge in [0, 0.05) is 19.8 Å². The number of anilines is 2. The number of hydrogen-bond acceptors (Lipinski definition) is 5. The van der Waals surface area contributed by atoms with Gasteiger partial charge in [0.2, 0.25) is 5.75 Å². The summed E-state index contributed by atoms with van der Waals surface area (Å²) in [6, 6.07) is 8.59. The van der Waals surface area contributed by atoms with E-state index in [4.69, 9.17) is 25.8 Å². The van der Waals surface area contributed by atoms with E-state index in [0.29, 0.717) is 33.5 Å². The molecule has 0 aromatic heterocycles. The van der Waals surface area contributed by atoms with E-state index in [1.165, 1.54) is 21.3 Å². The van der Waals surface area contributed by atoms with Gasteiger partial charge in [0.15, 0.2) is 11.5 Å². The number of methoxy groups -OCH3 is 3. The molecule has 0 bridgehead atoms. The Balaban J connectivity index is 2.34. The van der Waals surface area contributed by atoms with Crippen molar-refractivity contribution in [2.45, 2.75) is 0 Å². The summed E-state index contributed by atoms with van der Waals surface area (Å²) >= 11 is 6.25. The fraction of sp³-hybridized carbons (Fsp3) is 0.278. The SMILES string of the molecule is COc1ccc(C(=O)Nc2ccc(N(C)C)c(Cl)c2)c(OC)c1OC. The van der Waals surface area contributed by atoms with Crippen LogP contribution in [0.2, 0.25) is 5.02 Å². The molecule has 0 atom stereocenters. The first-order chi connectivity index (χ1) is 11.9. The second-order valence-electron chi connectivity index (χ2n) is 5.40. The zero-order valence-corrected chi connectivity index (χ0v) is 15.6. The normalized spacial score (nSPS) is 10.2. The fourth-order valence-electron chi connectivity index (χ4n) is 2.43. The first-order valence-corrected chi connectivity index (χ1v) is 7.87. The quantitative estimate of drug-likeness (QED) is 0.847. The van der Waals surface area contributed by atoms with Crippen molar-refractivity contribution in [3.8, 4) is 17.2 Å². The van der Waals surface area contributed by atoms with Crippen LogP contribution in [-0.4, -0.2) is 41.3 Å². The maximum atomic E-state index is 12.7. The van der Waals surface area contributed by atoms with Gasteiger partial charge < -0.3 is 24.4 Å². The fourth-order valence-corrected chi connectivity index (χ4v) is 2.78. The Morgan fingerprint density at radius 1 is 1.00 bits per heavy atom. The van der Waals surface area contributed by atoms with Gasteiger partial charge in [0.25, 0.3) is 5.91 Å². The third-order valence-corrected chi connectivity index (χ3v) is 3.94. The third kappa shape index (κ3) is 3.91. The maximum absolute atomic E-state index is 12.7. The highest BCUT2D eigenvalue weighted by atomic mass is 35.5. The molecule has 25 heavy (non-hydrogen) atoms. The second kappa shape index (κ2) is 7.98. The number of ether oxygens (including phenoxy) is 3. The van der Waals surface area contributed by atoms with Crippen LogP contribution in [-0.2, 0) is 0 Å². The van der Waals surface area contributed by atoms with Crippen LogP contribution in [0.4, 0.5) is 11.4 Å². The molecule has 134 valence electrons. The molecule has 0 aliphatic heterocycles. The molecule has 0 fully saturated rings. The third-order valence-electron chi connectivity index (χ3n) is 3.64. The lowest BCUT2D eigenvalue weighted by atomic mass is 10.1. The van der Waals surface area contributed by atoms with Crippen molar-refractivity contribution in [2.75, 3.05) is 45.6 Å². The van der Waals surface area contributed by atoms with Crippen LogP contribution < -0.4 is 24.4 Å². The van der Waals surface area contributed by atoms with E-state index in [-0.39, 0.29) is 5.91 Å². The molecule has 0 radical (unpaired) electrons. The molecule has 2 rings (SSSR count). The first kappa shape index (κ1) is 18.7. The smallest absolute Gasteiger partial charge is 0.259 e. The van der Waals surface area contributed by atoms with Gasteiger partial charge in [-0.25, -0.2) is 0 Å². The molecule has 0 aliphatic carbocycles. The topological polar surface area (TPSA) is 60.0 Å². The highest BCUT2D eigenvalue weighted by molar-refractivity contribution is 6.33. The van der Waals surface area contributed by atoms with Crippen LogP contribution in [0.1, 0.15) is 10.4 Å². The van der Waals surface area contributed by atoms with Gasteiger partial charge >= 0.3 is 0 Å². The summed E-state index contributed by atoms with van der Waals surface area (Å²) in [6.45, 7) is 0. The maximum Gasteiger partial charge on any atom is 0.259 e. The first-order valence-electron chi connectivity index (χ1n) is 7.50. The number of nitrogens with one attached hydrogen (secondary N) is 1. The van der Waals surface area contributed by atoms with Gasteiger partial charge in [0.1, 0.15) is 0 Å². The summed E-state index contributed by atoms with van der Waals surface area (Å²) in [5, 5.41) is 3.35. The number of benzene rings is 2. The zero-order valence-electron chi connectivity index (χ0n) is 14.8. The molecule has 1 amide bonds. The highest BCUT2D eigenvalue weighted by Gasteiger charge is 2.21. The van der Waals surface area contributed by atoms with Gasteiger partial charge in [-0.15, -0.1) is 0 Å². The summed E-state index contributed by atoms with van der Waals surface area (Å²) in [6.07, 6.45) is 0. The number of amides is 1. The number of carbonyl (C=O) groups excluding carboxylic acids is 1. The van der Waals surface area contributed by atoms with Crippen molar-refractivity contribution in [1.82, 2.24) is 0 Å². The minimum atomic E-state index is -0.341. The molecule has 0 saturated carbocycles. The van der Waals surface area contributed by atoms with Gasteiger partial charge in [-0.1, -0.05) is 11.6 Å². The van der Waals surface area contributed by atoms with E-state index < -0.39 is 0 Å². The predicted octanol–water partition coefficient (Wildman–Crippen LogP) is 3.68. The lowest BCUT2D eigenvalue weighted by Gasteiger charge is -2.17. The van der Waals surface area contributed by atoms with Crippen LogP contribution in [0, 0.1) is 0 Å². The molecule has 2 aromatic carbocycles. The highest BCUT2D eigenvalue weighted by Crippen LogP contribution is 2.40. The number of carbonyl (C=O) groups is 1. The van der Waals surface area contributed by atoms with Gasteiger partial charge in [-0.2, -0.15) is 0 Å². The van der Waals surface area contributed by atoms with Crippen LogP contribution in [0.3, 0.4) is 0 Å². The van der Waals surface area contributed by atoms with Crippen molar-refractivity contribution in [2.24, 2.45) is 0 Å². The van der Waals surface area contributed by atoms with Crippen LogP contribution >= 0.6 is 11.6 Å². The standard InChI is InChI=1S/C18H21ClN2O4/c1-21(2)14-8-6-11(10-13(14)19)20-18(22)12-7-9-15(23-3)17(25-5)16(12)24-4/h6-10H,1-5H3,(H,20,22). The molecule has 0 unspecified atom stereocenters.